The highest BCUT2D eigenvalue weighted by molar-refractivity contribution is 6.16. The summed E-state index contributed by atoms with van der Waals surface area (Å²) in [5.74, 6) is 0. The Morgan fingerprint density at radius 3 is 1.11 bits per heavy atom. The Morgan fingerprint density at radius 2 is 0.509 bits per heavy atom. The second kappa shape index (κ2) is 29.0. The second-order valence-electron chi connectivity index (χ2n) is 28.5. The van der Waals surface area contributed by atoms with Gasteiger partial charge in [0.15, 0.2) is 5.58 Å². The number of hydrogen-bond acceptors (Lipinski definition) is 4. The normalized spacial score (nSPS) is 11.4. The van der Waals surface area contributed by atoms with Gasteiger partial charge in [-0.25, -0.2) is 0 Å². The van der Waals surface area contributed by atoms with Crippen molar-refractivity contribution in [2.45, 2.75) is 0 Å². The molecule has 0 radical (unpaired) electrons. The standard InChI is InChI=1S/C56H37NO.C52H35NO/c1-3-15-39(16-4-1)48-27-11-21-42-22-12-28-49(54(42)48)43-23-9-24-45(37-43)57(44-35-33-41(34-36-44)47-26-10-20-38-19-7-8-25-46(38)47)53-32-14-31-52-51-30-13-29-50(55(51)58-56(52)53)40-17-5-2-6-18-40;1-3-13-36(14-4-1)37-27-31-43(32-28-37)53(48-24-12-26-50-52(48)47-21-7-8-25-49(47)54-50)44-33-29-38(30-34-44)41-19-9-20-42(35-41)46-23-11-18-40-17-10-22-45(51(40)46)39-15-5-2-6-16-39/h1-37H;1-35H. The average molecular weight is 1430 g/mol. The molecular formula is C108H72N2O2. The Morgan fingerprint density at radius 1 is 0.161 bits per heavy atom. The molecule has 0 bridgehead atoms. The van der Waals surface area contributed by atoms with Crippen LogP contribution in [0.25, 0.3) is 165 Å². The Hall–Kier alpha value is -14.8. The summed E-state index contributed by atoms with van der Waals surface area (Å²) < 4.78 is 13.4. The number of fused-ring (bicyclic) bond motifs is 9. The van der Waals surface area contributed by atoms with Crippen LogP contribution in [0.5, 0.6) is 0 Å². The molecule has 21 aromatic rings. The highest BCUT2D eigenvalue weighted by Crippen LogP contribution is 2.49. The zero-order valence-electron chi connectivity index (χ0n) is 61.3. The predicted molar refractivity (Wildman–Crippen MR) is 473 cm³/mol. The van der Waals surface area contributed by atoms with Crippen LogP contribution in [0.3, 0.4) is 0 Å². The van der Waals surface area contributed by atoms with Crippen LogP contribution in [-0.2, 0) is 0 Å². The van der Waals surface area contributed by atoms with Crippen LogP contribution >= 0.6 is 0 Å². The Bertz CT molecular complexity index is 7010. The van der Waals surface area contributed by atoms with E-state index in [2.05, 4.69) is 434 Å². The number of hydrogen-bond donors (Lipinski definition) is 0. The Kier molecular flexibility index (Phi) is 17.3. The Labute approximate surface area is 650 Å². The molecule has 0 atom stereocenters. The van der Waals surface area contributed by atoms with Crippen LogP contribution in [0.15, 0.2) is 446 Å². The summed E-state index contributed by atoms with van der Waals surface area (Å²) in [7, 11) is 0. The molecular weight excluding hydrogens is 1360 g/mol. The van der Waals surface area contributed by atoms with E-state index in [0.29, 0.717) is 0 Å². The zero-order valence-corrected chi connectivity index (χ0v) is 61.3. The van der Waals surface area contributed by atoms with Crippen LogP contribution in [0, 0.1) is 0 Å². The maximum absolute atomic E-state index is 7.03. The minimum atomic E-state index is 0.848. The molecule has 0 aliphatic heterocycles. The van der Waals surface area contributed by atoms with Crippen molar-refractivity contribution in [3.8, 4) is 89.0 Å². The smallest absolute Gasteiger partial charge is 0.159 e. The van der Waals surface area contributed by atoms with Gasteiger partial charge in [-0.3, -0.25) is 0 Å². The van der Waals surface area contributed by atoms with E-state index in [1.54, 1.807) is 0 Å². The van der Waals surface area contributed by atoms with E-state index < -0.39 is 0 Å². The molecule has 526 valence electrons. The van der Waals surface area contributed by atoms with Crippen molar-refractivity contribution in [2.24, 2.45) is 0 Å². The molecule has 0 saturated heterocycles. The summed E-state index contributed by atoms with van der Waals surface area (Å²) in [6.07, 6.45) is 0. The summed E-state index contributed by atoms with van der Waals surface area (Å²) in [5, 5.41) is 11.8. The SMILES string of the molecule is c1ccc(-c2ccc(N(c3ccc(-c4cccc(-c5cccc6cccc(-c7ccccc7)c56)c4)cc3)c3cccc4oc5ccccc5c34)cc2)cc1.c1ccc(-c2cccc3c2oc2c(N(c4ccc(-c5cccc6ccccc56)cc4)c4cccc(-c5cccc6cccc(-c7ccccc7)c56)c4)cccc23)cc1. The van der Waals surface area contributed by atoms with Crippen molar-refractivity contribution in [3.05, 3.63) is 437 Å². The van der Waals surface area contributed by atoms with Gasteiger partial charge in [-0.1, -0.05) is 358 Å². The van der Waals surface area contributed by atoms with E-state index in [1.807, 2.05) is 12.1 Å². The second-order valence-corrected chi connectivity index (χ2v) is 28.5. The molecule has 2 aromatic heterocycles. The third-order valence-corrected chi connectivity index (χ3v) is 21.9. The Balaban J connectivity index is 0.000000146. The average Bonchev–Trinajstić information content (AvgIpc) is 1.38. The van der Waals surface area contributed by atoms with E-state index in [-0.39, 0.29) is 0 Å². The van der Waals surface area contributed by atoms with Crippen LogP contribution in [-0.4, -0.2) is 0 Å². The molecule has 4 heteroatoms. The number of rotatable bonds is 14. The highest BCUT2D eigenvalue weighted by Gasteiger charge is 2.25. The fraction of sp³-hybridized carbons (Fsp3) is 0. The van der Waals surface area contributed by atoms with E-state index in [1.165, 1.54) is 99.1 Å². The lowest BCUT2D eigenvalue weighted by Crippen LogP contribution is -2.10. The maximum atomic E-state index is 7.03. The molecule has 0 aliphatic carbocycles. The third kappa shape index (κ3) is 12.4. The minimum absolute atomic E-state index is 0.848. The summed E-state index contributed by atoms with van der Waals surface area (Å²) in [6.45, 7) is 0. The van der Waals surface area contributed by atoms with Gasteiger partial charge < -0.3 is 18.6 Å². The molecule has 0 aliphatic rings. The summed E-state index contributed by atoms with van der Waals surface area (Å²) >= 11 is 0. The van der Waals surface area contributed by atoms with E-state index in [4.69, 9.17) is 8.83 Å². The van der Waals surface area contributed by atoms with Crippen molar-refractivity contribution in [2.75, 3.05) is 9.80 Å². The predicted octanol–water partition coefficient (Wildman–Crippen LogP) is 30.9. The highest BCUT2D eigenvalue weighted by atomic mass is 16.3. The van der Waals surface area contributed by atoms with Crippen molar-refractivity contribution >= 4 is 110 Å². The first kappa shape index (κ1) is 66.6. The van der Waals surface area contributed by atoms with Gasteiger partial charge in [-0.15, -0.1) is 0 Å². The molecule has 0 amide bonds. The summed E-state index contributed by atoms with van der Waals surface area (Å²) in [5.41, 5.74) is 28.8. The number of furan rings is 2. The molecule has 4 nitrogen and oxygen atoms in total. The number of nitrogens with zero attached hydrogens (tertiary/aromatic N) is 2. The van der Waals surface area contributed by atoms with Gasteiger partial charge in [0, 0.05) is 44.5 Å². The largest absolute Gasteiger partial charge is 0.456 e. The molecule has 0 fully saturated rings. The monoisotopic (exact) mass is 1430 g/mol. The molecule has 19 aromatic carbocycles. The quantitative estimate of drug-likeness (QED) is 0.109. The lowest BCUT2D eigenvalue weighted by Gasteiger charge is -2.26. The molecule has 2 heterocycles. The van der Waals surface area contributed by atoms with Crippen LogP contribution in [0.1, 0.15) is 0 Å². The van der Waals surface area contributed by atoms with E-state index in [9.17, 15) is 0 Å². The van der Waals surface area contributed by atoms with Gasteiger partial charge in [0.2, 0.25) is 0 Å². The maximum Gasteiger partial charge on any atom is 0.159 e. The van der Waals surface area contributed by atoms with Gasteiger partial charge >= 0.3 is 0 Å². The van der Waals surface area contributed by atoms with Crippen LogP contribution in [0.4, 0.5) is 34.1 Å². The first-order valence-electron chi connectivity index (χ1n) is 38.3. The van der Waals surface area contributed by atoms with Gasteiger partial charge in [0.25, 0.3) is 0 Å². The van der Waals surface area contributed by atoms with Crippen LogP contribution in [0.2, 0.25) is 0 Å². The van der Waals surface area contributed by atoms with Crippen molar-refractivity contribution in [3.63, 3.8) is 0 Å². The van der Waals surface area contributed by atoms with E-state index in [0.717, 1.165) is 100 Å². The molecule has 0 unspecified atom stereocenters. The molecule has 0 N–H and O–H groups in total. The van der Waals surface area contributed by atoms with Gasteiger partial charge in [0.05, 0.1) is 16.8 Å². The summed E-state index contributed by atoms with van der Waals surface area (Å²) in [6, 6.07) is 156. The minimum Gasteiger partial charge on any atom is -0.456 e. The lowest BCUT2D eigenvalue weighted by atomic mass is 9.90. The zero-order chi connectivity index (χ0) is 74.3. The first-order chi connectivity index (χ1) is 55.6. The molecule has 0 spiro atoms. The van der Waals surface area contributed by atoms with Crippen molar-refractivity contribution in [1.29, 1.82) is 0 Å². The summed E-state index contributed by atoms with van der Waals surface area (Å²) in [4.78, 5) is 4.70. The first-order valence-corrected chi connectivity index (χ1v) is 38.3. The van der Waals surface area contributed by atoms with Crippen molar-refractivity contribution in [1.82, 2.24) is 0 Å². The third-order valence-electron chi connectivity index (χ3n) is 21.9. The van der Waals surface area contributed by atoms with Gasteiger partial charge in [-0.2, -0.15) is 0 Å². The van der Waals surface area contributed by atoms with E-state index >= 15 is 0 Å². The molecule has 0 saturated carbocycles. The number of para-hydroxylation sites is 3. The van der Waals surface area contributed by atoms with Crippen LogP contribution < -0.4 is 9.80 Å². The lowest BCUT2D eigenvalue weighted by molar-refractivity contribution is 0.669. The fourth-order valence-corrected chi connectivity index (χ4v) is 16.7. The van der Waals surface area contributed by atoms with Gasteiger partial charge in [-0.05, 0) is 195 Å². The fourth-order valence-electron chi connectivity index (χ4n) is 16.7. The topological polar surface area (TPSA) is 32.8 Å². The number of benzene rings is 19. The molecule has 21 rings (SSSR count). The number of anilines is 6. The molecule has 112 heavy (non-hydrogen) atoms. The van der Waals surface area contributed by atoms with Crippen molar-refractivity contribution < 1.29 is 8.83 Å². The van der Waals surface area contributed by atoms with Gasteiger partial charge in [0.1, 0.15) is 16.7 Å².